The monoisotopic (exact) mass is 400 g/mol. The van der Waals surface area contributed by atoms with Gasteiger partial charge in [-0.1, -0.05) is 39.8 Å². The average molecular weight is 401 g/mol. The standard InChI is InChI=1S/C18H13BrN2O2S/c19-13-7-5-12(6-8-13)11-20-18-21-16(14-3-1-9-22-14)17(24-18)15-4-2-10-23-15/h1-11,16-17H/t16-,17+/m1/s1. The first-order valence-electron chi connectivity index (χ1n) is 7.40. The Morgan fingerprint density at radius 2 is 1.71 bits per heavy atom. The van der Waals surface area contributed by atoms with Crippen LogP contribution in [0.3, 0.4) is 0 Å². The van der Waals surface area contributed by atoms with Crippen molar-refractivity contribution in [2.45, 2.75) is 11.3 Å². The van der Waals surface area contributed by atoms with Gasteiger partial charge in [0.25, 0.3) is 0 Å². The molecule has 4 nitrogen and oxygen atoms in total. The van der Waals surface area contributed by atoms with Gasteiger partial charge in [-0.2, -0.15) is 0 Å². The number of furan rings is 2. The number of nitrogens with zero attached hydrogens (tertiary/aromatic N) is 2. The highest BCUT2D eigenvalue weighted by Gasteiger charge is 2.36. The molecule has 0 amide bonds. The number of rotatable bonds is 3. The van der Waals surface area contributed by atoms with Gasteiger partial charge in [0, 0.05) is 10.7 Å². The molecule has 0 unspecified atom stereocenters. The van der Waals surface area contributed by atoms with Gasteiger partial charge in [0.05, 0.1) is 12.5 Å². The van der Waals surface area contributed by atoms with E-state index in [4.69, 9.17) is 13.8 Å². The van der Waals surface area contributed by atoms with Gasteiger partial charge in [-0.05, 0) is 42.0 Å². The molecule has 0 bridgehead atoms. The normalized spacial score (nSPS) is 20.6. The molecule has 0 saturated heterocycles. The van der Waals surface area contributed by atoms with E-state index in [-0.39, 0.29) is 11.3 Å². The van der Waals surface area contributed by atoms with Crippen LogP contribution >= 0.6 is 27.7 Å². The lowest BCUT2D eigenvalue weighted by Gasteiger charge is -2.11. The van der Waals surface area contributed by atoms with Crippen LogP contribution in [-0.2, 0) is 0 Å². The fourth-order valence-corrected chi connectivity index (χ4v) is 3.83. The van der Waals surface area contributed by atoms with Crippen molar-refractivity contribution in [3.8, 4) is 0 Å². The van der Waals surface area contributed by atoms with Gasteiger partial charge in [-0.3, -0.25) is 0 Å². The highest BCUT2D eigenvalue weighted by molar-refractivity contribution is 9.10. The van der Waals surface area contributed by atoms with E-state index in [0.717, 1.165) is 26.7 Å². The number of thioether (sulfide) groups is 1. The molecule has 2 aromatic heterocycles. The Morgan fingerprint density at radius 1 is 1.00 bits per heavy atom. The van der Waals surface area contributed by atoms with Crippen LogP contribution in [0.25, 0.3) is 0 Å². The lowest BCUT2D eigenvalue weighted by Crippen LogP contribution is -1.99. The molecule has 24 heavy (non-hydrogen) atoms. The molecule has 120 valence electrons. The van der Waals surface area contributed by atoms with Gasteiger partial charge in [0.15, 0.2) is 5.17 Å². The Bertz CT molecular complexity index is 855. The maximum Gasteiger partial charge on any atom is 0.184 e. The maximum atomic E-state index is 5.58. The molecule has 4 rings (SSSR count). The van der Waals surface area contributed by atoms with Crippen molar-refractivity contribution in [1.29, 1.82) is 0 Å². The number of halogens is 1. The summed E-state index contributed by atoms with van der Waals surface area (Å²) in [4.78, 5) is 9.25. The summed E-state index contributed by atoms with van der Waals surface area (Å²) in [6.45, 7) is 0. The van der Waals surface area contributed by atoms with Gasteiger partial charge < -0.3 is 8.83 Å². The summed E-state index contributed by atoms with van der Waals surface area (Å²) in [5.41, 5.74) is 1.03. The average Bonchev–Trinajstić information content (AvgIpc) is 3.33. The lowest BCUT2D eigenvalue weighted by molar-refractivity contribution is 0.432. The van der Waals surface area contributed by atoms with Crippen molar-refractivity contribution in [3.05, 3.63) is 82.6 Å². The van der Waals surface area contributed by atoms with Crippen LogP contribution in [0.4, 0.5) is 0 Å². The first kappa shape index (κ1) is 15.5. The van der Waals surface area contributed by atoms with Gasteiger partial charge in [0.2, 0.25) is 0 Å². The Kier molecular flexibility index (Phi) is 4.40. The van der Waals surface area contributed by atoms with Crippen LogP contribution in [0.15, 0.2) is 84.3 Å². The van der Waals surface area contributed by atoms with Crippen molar-refractivity contribution >= 4 is 39.1 Å². The molecule has 2 atom stereocenters. The van der Waals surface area contributed by atoms with Crippen molar-refractivity contribution in [2.24, 2.45) is 9.98 Å². The summed E-state index contributed by atoms with van der Waals surface area (Å²) >= 11 is 5.02. The molecule has 0 N–H and O–H groups in total. The molecule has 3 aromatic rings. The zero-order valence-corrected chi connectivity index (χ0v) is 14.9. The summed E-state index contributed by atoms with van der Waals surface area (Å²) in [6, 6.07) is 15.5. The van der Waals surface area contributed by atoms with Crippen LogP contribution in [0.5, 0.6) is 0 Å². The van der Waals surface area contributed by atoms with Gasteiger partial charge in [-0.25, -0.2) is 9.98 Å². The topological polar surface area (TPSA) is 51.0 Å². The van der Waals surface area contributed by atoms with Crippen LogP contribution in [0, 0.1) is 0 Å². The predicted octanol–water partition coefficient (Wildman–Crippen LogP) is 5.64. The fraction of sp³-hybridized carbons (Fsp3) is 0.111. The molecule has 0 aliphatic carbocycles. The predicted molar refractivity (Wildman–Crippen MR) is 99.7 cm³/mol. The summed E-state index contributed by atoms with van der Waals surface area (Å²) in [5.74, 6) is 1.69. The van der Waals surface area contributed by atoms with Crippen LogP contribution in [-0.4, -0.2) is 11.4 Å². The second-order valence-electron chi connectivity index (χ2n) is 5.24. The highest BCUT2D eigenvalue weighted by Crippen LogP contribution is 2.48. The van der Waals surface area contributed by atoms with Gasteiger partial charge >= 0.3 is 0 Å². The minimum absolute atomic E-state index is 0.0308. The smallest absolute Gasteiger partial charge is 0.184 e. The summed E-state index contributed by atoms with van der Waals surface area (Å²) in [5, 5.41) is 0.754. The van der Waals surface area contributed by atoms with E-state index in [1.54, 1.807) is 24.3 Å². The number of amidine groups is 1. The Labute approximate surface area is 151 Å². The molecular formula is C18H13BrN2O2S. The molecule has 3 heterocycles. The first-order chi connectivity index (χ1) is 11.8. The molecular weight excluding hydrogens is 388 g/mol. The molecule has 1 aliphatic heterocycles. The number of benzene rings is 1. The van der Waals surface area contributed by atoms with E-state index in [1.807, 2.05) is 54.7 Å². The number of aliphatic imine (C=N–C) groups is 2. The highest BCUT2D eigenvalue weighted by atomic mass is 79.9. The molecule has 1 aromatic carbocycles. The van der Waals surface area contributed by atoms with Crippen molar-refractivity contribution in [2.75, 3.05) is 0 Å². The second kappa shape index (κ2) is 6.83. The molecule has 0 radical (unpaired) electrons. The molecule has 0 saturated carbocycles. The van der Waals surface area contributed by atoms with E-state index in [9.17, 15) is 0 Å². The SMILES string of the molecule is Brc1ccc(C=NC2=N[C@H](c3ccco3)[C@H](c3ccco3)S2)cc1. The zero-order valence-electron chi connectivity index (χ0n) is 12.5. The van der Waals surface area contributed by atoms with E-state index < -0.39 is 0 Å². The molecule has 6 heteroatoms. The van der Waals surface area contributed by atoms with E-state index in [2.05, 4.69) is 20.9 Å². The lowest BCUT2D eigenvalue weighted by atomic mass is 10.1. The zero-order chi connectivity index (χ0) is 16.4. The first-order valence-corrected chi connectivity index (χ1v) is 9.08. The third-order valence-electron chi connectivity index (χ3n) is 3.62. The molecule has 0 spiro atoms. The Balaban J connectivity index is 1.59. The molecule has 1 aliphatic rings. The van der Waals surface area contributed by atoms with Crippen LogP contribution in [0.2, 0.25) is 0 Å². The Morgan fingerprint density at radius 3 is 2.38 bits per heavy atom. The van der Waals surface area contributed by atoms with Crippen molar-refractivity contribution < 1.29 is 8.83 Å². The fourth-order valence-electron chi connectivity index (χ4n) is 2.48. The van der Waals surface area contributed by atoms with Gasteiger partial charge in [0.1, 0.15) is 22.8 Å². The third-order valence-corrected chi connectivity index (χ3v) is 5.32. The number of hydrogen-bond acceptors (Lipinski definition) is 5. The van der Waals surface area contributed by atoms with Crippen molar-refractivity contribution in [1.82, 2.24) is 0 Å². The minimum Gasteiger partial charge on any atom is -0.468 e. The van der Waals surface area contributed by atoms with Crippen molar-refractivity contribution in [3.63, 3.8) is 0 Å². The summed E-state index contributed by atoms with van der Waals surface area (Å²) in [6.07, 6.45) is 5.16. The summed E-state index contributed by atoms with van der Waals surface area (Å²) < 4.78 is 12.2. The maximum absolute atomic E-state index is 5.58. The van der Waals surface area contributed by atoms with Crippen LogP contribution < -0.4 is 0 Å². The minimum atomic E-state index is -0.131. The number of hydrogen-bond donors (Lipinski definition) is 0. The van der Waals surface area contributed by atoms with E-state index >= 15 is 0 Å². The van der Waals surface area contributed by atoms with Crippen LogP contribution in [0.1, 0.15) is 28.4 Å². The molecule has 0 fully saturated rings. The quantitative estimate of drug-likeness (QED) is 0.534. The second-order valence-corrected chi connectivity index (χ2v) is 7.26. The van der Waals surface area contributed by atoms with Gasteiger partial charge in [-0.15, -0.1) is 0 Å². The van der Waals surface area contributed by atoms with E-state index in [1.165, 1.54) is 0 Å². The summed E-state index contributed by atoms with van der Waals surface area (Å²) in [7, 11) is 0. The third kappa shape index (κ3) is 3.25. The Hall–Kier alpha value is -2.05. The largest absolute Gasteiger partial charge is 0.468 e. The van der Waals surface area contributed by atoms with E-state index in [0.29, 0.717) is 0 Å².